The van der Waals surface area contributed by atoms with Gasteiger partial charge in [-0.1, -0.05) is 36.4 Å². The van der Waals surface area contributed by atoms with Crippen molar-refractivity contribution in [2.45, 2.75) is 20.1 Å². The summed E-state index contributed by atoms with van der Waals surface area (Å²) in [4.78, 5) is 22.1. The summed E-state index contributed by atoms with van der Waals surface area (Å²) < 4.78 is 5.86. The lowest BCUT2D eigenvalue weighted by atomic mass is 10.2. The molecule has 27 heavy (non-hydrogen) atoms. The Morgan fingerprint density at radius 1 is 1.15 bits per heavy atom. The van der Waals surface area contributed by atoms with Gasteiger partial charge < -0.3 is 20.3 Å². The van der Waals surface area contributed by atoms with Crippen molar-refractivity contribution in [3.05, 3.63) is 59.8 Å². The molecule has 0 bridgehead atoms. The standard InChI is InChI=1S/C20H27N5O2/c1-4-21-20(24-14-18(26)25(2)3)23-13-17-11-8-12-22-19(17)27-15-16-9-6-5-7-10-16/h5-12H,4,13-15H2,1-3H3,(H2,21,23,24). The van der Waals surface area contributed by atoms with Crippen LogP contribution in [0.15, 0.2) is 53.7 Å². The van der Waals surface area contributed by atoms with Crippen LogP contribution in [-0.4, -0.2) is 48.9 Å². The van der Waals surface area contributed by atoms with Gasteiger partial charge in [-0.3, -0.25) is 4.79 Å². The highest BCUT2D eigenvalue weighted by molar-refractivity contribution is 5.86. The number of hydrogen-bond acceptors (Lipinski definition) is 4. The fourth-order valence-electron chi connectivity index (χ4n) is 2.22. The van der Waals surface area contributed by atoms with E-state index in [1.54, 1.807) is 20.3 Å². The van der Waals surface area contributed by atoms with Crippen molar-refractivity contribution < 1.29 is 9.53 Å². The molecule has 0 fully saturated rings. The number of hydrogen-bond donors (Lipinski definition) is 2. The molecule has 2 aromatic rings. The third-order valence-corrected chi connectivity index (χ3v) is 3.73. The largest absolute Gasteiger partial charge is 0.473 e. The Hall–Kier alpha value is -3.09. The Morgan fingerprint density at radius 2 is 1.93 bits per heavy atom. The third-order valence-electron chi connectivity index (χ3n) is 3.73. The van der Waals surface area contributed by atoms with Crippen molar-refractivity contribution in [3.63, 3.8) is 0 Å². The first-order valence-corrected chi connectivity index (χ1v) is 8.93. The molecule has 2 N–H and O–H groups in total. The summed E-state index contributed by atoms with van der Waals surface area (Å²) >= 11 is 0. The molecule has 0 aliphatic carbocycles. The van der Waals surface area contributed by atoms with E-state index >= 15 is 0 Å². The van der Waals surface area contributed by atoms with Gasteiger partial charge in [0.05, 0.1) is 13.1 Å². The molecule has 2 rings (SSSR count). The maximum Gasteiger partial charge on any atom is 0.241 e. The van der Waals surface area contributed by atoms with Gasteiger partial charge in [0, 0.05) is 32.4 Å². The maximum atomic E-state index is 11.8. The van der Waals surface area contributed by atoms with Crippen LogP contribution < -0.4 is 15.4 Å². The highest BCUT2D eigenvalue weighted by atomic mass is 16.5. The molecule has 0 aliphatic heterocycles. The number of nitrogens with one attached hydrogen (secondary N) is 2. The average molecular weight is 369 g/mol. The lowest BCUT2D eigenvalue weighted by Crippen LogP contribution is -2.42. The van der Waals surface area contributed by atoms with Crippen molar-refractivity contribution in [1.82, 2.24) is 20.5 Å². The zero-order chi connectivity index (χ0) is 19.5. The summed E-state index contributed by atoms with van der Waals surface area (Å²) in [5, 5.41) is 6.17. The van der Waals surface area contributed by atoms with Crippen molar-refractivity contribution in [3.8, 4) is 5.88 Å². The van der Waals surface area contributed by atoms with Gasteiger partial charge in [-0.15, -0.1) is 0 Å². The molecule has 0 radical (unpaired) electrons. The summed E-state index contributed by atoms with van der Waals surface area (Å²) in [6.07, 6.45) is 1.70. The van der Waals surface area contributed by atoms with Crippen molar-refractivity contribution in [2.75, 3.05) is 27.2 Å². The number of rotatable bonds is 8. The maximum absolute atomic E-state index is 11.8. The van der Waals surface area contributed by atoms with Gasteiger partial charge in [0.25, 0.3) is 0 Å². The lowest BCUT2D eigenvalue weighted by molar-refractivity contribution is -0.127. The highest BCUT2D eigenvalue weighted by Gasteiger charge is 2.08. The van der Waals surface area contributed by atoms with Crippen LogP contribution in [0, 0.1) is 0 Å². The topological polar surface area (TPSA) is 78.9 Å². The van der Waals surface area contributed by atoms with Crippen molar-refractivity contribution in [1.29, 1.82) is 0 Å². The zero-order valence-electron chi connectivity index (χ0n) is 16.1. The van der Waals surface area contributed by atoms with Gasteiger partial charge in [-0.05, 0) is 18.6 Å². The van der Waals surface area contributed by atoms with E-state index in [2.05, 4.69) is 20.6 Å². The molecule has 0 atom stereocenters. The summed E-state index contributed by atoms with van der Waals surface area (Å²) in [5.41, 5.74) is 1.96. The molecule has 0 spiro atoms. The number of pyridine rings is 1. The Bertz CT molecular complexity index is 747. The number of ether oxygens (including phenoxy) is 1. The Balaban J connectivity index is 2.01. The number of carbonyl (C=O) groups excluding carboxylic acids is 1. The minimum Gasteiger partial charge on any atom is -0.473 e. The summed E-state index contributed by atoms with van der Waals surface area (Å²) in [5.74, 6) is 1.12. The molecule has 7 nitrogen and oxygen atoms in total. The van der Waals surface area contributed by atoms with Crippen LogP contribution in [0.3, 0.4) is 0 Å². The number of benzene rings is 1. The van der Waals surface area contributed by atoms with Crippen LogP contribution in [0.2, 0.25) is 0 Å². The van der Waals surface area contributed by atoms with E-state index in [0.717, 1.165) is 11.1 Å². The zero-order valence-corrected chi connectivity index (χ0v) is 16.1. The van der Waals surface area contributed by atoms with Gasteiger partial charge in [0.2, 0.25) is 11.8 Å². The van der Waals surface area contributed by atoms with E-state index in [9.17, 15) is 4.79 Å². The predicted molar refractivity (Wildman–Crippen MR) is 107 cm³/mol. The van der Waals surface area contributed by atoms with Crippen LogP contribution in [0.4, 0.5) is 0 Å². The summed E-state index contributed by atoms with van der Waals surface area (Å²) in [6.45, 7) is 3.70. The molecule has 144 valence electrons. The summed E-state index contributed by atoms with van der Waals surface area (Å²) in [7, 11) is 3.44. The lowest BCUT2D eigenvalue weighted by Gasteiger charge is -2.14. The second kappa shape index (κ2) is 10.8. The second-order valence-corrected chi connectivity index (χ2v) is 6.08. The van der Waals surface area contributed by atoms with E-state index in [1.807, 2.05) is 49.4 Å². The van der Waals surface area contributed by atoms with Gasteiger partial charge in [-0.25, -0.2) is 9.98 Å². The van der Waals surface area contributed by atoms with Gasteiger partial charge in [0.1, 0.15) is 6.61 Å². The molecule has 1 amide bonds. The van der Waals surface area contributed by atoms with Gasteiger partial charge in [-0.2, -0.15) is 0 Å². The smallest absolute Gasteiger partial charge is 0.241 e. The van der Waals surface area contributed by atoms with E-state index in [-0.39, 0.29) is 12.5 Å². The molecule has 7 heteroatoms. The quantitative estimate of drug-likeness (QED) is 0.548. The van der Waals surface area contributed by atoms with Crippen LogP contribution in [-0.2, 0) is 17.9 Å². The molecular formula is C20H27N5O2. The van der Waals surface area contributed by atoms with E-state index < -0.39 is 0 Å². The molecular weight excluding hydrogens is 342 g/mol. The number of amides is 1. The molecule has 0 saturated heterocycles. The first kappa shape index (κ1) is 20.2. The second-order valence-electron chi connectivity index (χ2n) is 6.08. The molecule has 1 aromatic carbocycles. The number of nitrogens with zero attached hydrogens (tertiary/aromatic N) is 3. The Morgan fingerprint density at radius 3 is 2.63 bits per heavy atom. The highest BCUT2D eigenvalue weighted by Crippen LogP contribution is 2.17. The molecule has 0 aliphatic rings. The third kappa shape index (κ3) is 6.97. The summed E-state index contributed by atoms with van der Waals surface area (Å²) in [6, 6.07) is 13.7. The van der Waals surface area contributed by atoms with Crippen molar-refractivity contribution >= 4 is 11.9 Å². The molecule has 0 unspecified atom stereocenters. The molecule has 0 saturated carbocycles. The first-order chi connectivity index (χ1) is 13.1. The van der Waals surface area contributed by atoms with Crippen LogP contribution >= 0.6 is 0 Å². The fourth-order valence-corrected chi connectivity index (χ4v) is 2.22. The number of guanidine groups is 1. The number of carbonyl (C=O) groups is 1. The van der Waals surface area contributed by atoms with Crippen LogP contribution in [0.25, 0.3) is 0 Å². The fraction of sp³-hybridized carbons (Fsp3) is 0.350. The minimum absolute atomic E-state index is 0.0196. The van der Waals surface area contributed by atoms with Gasteiger partial charge in [0.15, 0.2) is 5.96 Å². The van der Waals surface area contributed by atoms with Gasteiger partial charge >= 0.3 is 0 Å². The van der Waals surface area contributed by atoms with E-state index in [4.69, 9.17) is 4.74 Å². The minimum atomic E-state index is -0.0196. The molecule has 1 heterocycles. The van der Waals surface area contributed by atoms with Crippen molar-refractivity contribution in [2.24, 2.45) is 4.99 Å². The first-order valence-electron chi connectivity index (χ1n) is 8.93. The SMILES string of the molecule is CCNC(=NCc1cccnc1OCc1ccccc1)NCC(=O)N(C)C. The predicted octanol–water partition coefficient (Wildman–Crippen LogP) is 1.80. The number of aromatic nitrogens is 1. The van der Waals surface area contributed by atoms with Crippen LogP contribution in [0.5, 0.6) is 5.88 Å². The molecule has 1 aromatic heterocycles. The monoisotopic (exact) mass is 369 g/mol. The Kier molecular flexibility index (Phi) is 8.09. The number of aliphatic imine (C=N–C) groups is 1. The number of likely N-dealkylation sites (N-methyl/N-ethyl adjacent to an activating group) is 1. The van der Waals surface area contributed by atoms with E-state index in [1.165, 1.54) is 4.90 Å². The average Bonchev–Trinajstić information content (AvgIpc) is 2.69. The van der Waals surface area contributed by atoms with E-state index in [0.29, 0.717) is 31.5 Å². The Labute approximate surface area is 160 Å². The normalized spacial score (nSPS) is 11.0. The van der Waals surface area contributed by atoms with Crippen LogP contribution in [0.1, 0.15) is 18.1 Å².